The van der Waals surface area contributed by atoms with Gasteiger partial charge in [-0.2, -0.15) is 0 Å². The lowest BCUT2D eigenvalue weighted by Gasteiger charge is -2.01. The third-order valence-electron chi connectivity index (χ3n) is 2.21. The molecule has 0 atom stereocenters. The fourth-order valence-electron chi connectivity index (χ4n) is 1.46. The molecule has 2 heterocycles. The molecule has 0 bridgehead atoms. The van der Waals surface area contributed by atoms with Crippen LogP contribution in [0.3, 0.4) is 0 Å². The van der Waals surface area contributed by atoms with E-state index in [-0.39, 0.29) is 10.4 Å². The van der Waals surface area contributed by atoms with E-state index in [1.165, 1.54) is 6.07 Å². The van der Waals surface area contributed by atoms with Gasteiger partial charge in [0.05, 0.1) is 11.0 Å². The maximum absolute atomic E-state index is 13.1. The fraction of sp³-hybridized carbons (Fsp3) is 0.300. The van der Waals surface area contributed by atoms with Crippen molar-refractivity contribution in [2.75, 3.05) is 0 Å². The molecule has 14 heavy (non-hydrogen) atoms. The number of halogens is 2. The predicted molar refractivity (Wildman–Crippen MR) is 57.8 cm³/mol. The highest BCUT2D eigenvalue weighted by Crippen LogP contribution is 2.26. The number of nitrogens with one attached hydrogen (secondary N) is 1. The standard InChI is InChI=1S/C10H10BrFN2/c1-5(2)6-4-13-8-3-7(12)10(11)14-9(6)8/h3-5,13H,1-2H3. The zero-order valence-electron chi connectivity index (χ0n) is 7.94. The molecule has 2 aromatic rings. The molecule has 0 aliphatic rings. The van der Waals surface area contributed by atoms with Crippen LogP contribution in [0.5, 0.6) is 0 Å². The van der Waals surface area contributed by atoms with Gasteiger partial charge in [0, 0.05) is 12.3 Å². The van der Waals surface area contributed by atoms with Crippen LogP contribution in [-0.2, 0) is 0 Å². The molecule has 0 amide bonds. The third kappa shape index (κ3) is 1.43. The van der Waals surface area contributed by atoms with E-state index in [0.717, 1.165) is 16.6 Å². The normalized spacial score (nSPS) is 11.5. The molecule has 74 valence electrons. The van der Waals surface area contributed by atoms with Crippen LogP contribution in [0.15, 0.2) is 16.9 Å². The molecule has 2 rings (SSSR count). The van der Waals surface area contributed by atoms with Crippen LogP contribution in [0.25, 0.3) is 11.0 Å². The van der Waals surface area contributed by atoms with Gasteiger partial charge >= 0.3 is 0 Å². The van der Waals surface area contributed by atoms with Crippen molar-refractivity contribution < 1.29 is 4.39 Å². The summed E-state index contributed by atoms with van der Waals surface area (Å²) >= 11 is 3.08. The predicted octanol–water partition coefficient (Wildman–Crippen LogP) is 3.59. The van der Waals surface area contributed by atoms with Gasteiger partial charge in [-0.3, -0.25) is 0 Å². The molecule has 0 saturated heterocycles. The number of aromatic nitrogens is 2. The average molecular weight is 257 g/mol. The van der Waals surface area contributed by atoms with Crippen molar-refractivity contribution in [1.82, 2.24) is 9.97 Å². The summed E-state index contributed by atoms with van der Waals surface area (Å²) < 4.78 is 13.4. The summed E-state index contributed by atoms with van der Waals surface area (Å²) in [6.07, 6.45) is 1.88. The highest BCUT2D eigenvalue weighted by Gasteiger charge is 2.11. The Morgan fingerprint density at radius 3 is 2.86 bits per heavy atom. The van der Waals surface area contributed by atoms with Crippen molar-refractivity contribution in [3.8, 4) is 0 Å². The zero-order valence-corrected chi connectivity index (χ0v) is 9.52. The van der Waals surface area contributed by atoms with Crippen molar-refractivity contribution >= 4 is 27.0 Å². The summed E-state index contributed by atoms with van der Waals surface area (Å²) in [7, 11) is 0. The van der Waals surface area contributed by atoms with Crippen LogP contribution in [0, 0.1) is 5.82 Å². The highest BCUT2D eigenvalue weighted by molar-refractivity contribution is 9.10. The molecule has 2 aromatic heterocycles. The van der Waals surface area contributed by atoms with Gasteiger partial charge in [0.25, 0.3) is 0 Å². The SMILES string of the molecule is CC(C)c1c[nH]c2cc(F)c(Br)nc12. The molecule has 1 N–H and O–H groups in total. The van der Waals surface area contributed by atoms with Crippen LogP contribution in [0.2, 0.25) is 0 Å². The van der Waals surface area contributed by atoms with E-state index in [9.17, 15) is 4.39 Å². The lowest BCUT2D eigenvalue weighted by atomic mass is 10.1. The number of fused-ring (bicyclic) bond motifs is 1. The van der Waals surface area contributed by atoms with Gasteiger partial charge in [-0.1, -0.05) is 13.8 Å². The lowest BCUT2D eigenvalue weighted by molar-refractivity contribution is 0.616. The van der Waals surface area contributed by atoms with Gasteiger partial charge in [-0.25, -0.2) is 9.37 Å². The van der Waals surface area contributed by atoms with Gasteiger partial charge in [0.15, 0.2) is 5.82 Å². The van der Waals surface area contributed by atoms with E-state index < -0.39 is 0 Å². The minimum atomic E-state index is -0.338. The maximum Gasteiger partial charge on any atom is 0.158 e. The fourth-order valence-corrected chi connectivity index (χ4v) is 1.75. The van der Waals surface area contributed by atoms with Gasteiger partial charge in [-0.15, -0.1) is 0 Å². The second-order valence-electron chi connectivity index (χ2n) is 3.56. The third-order valence-corrected chi connectivity index (χ3v) is 2.77. The number of rotatable bonds is 1. The number of hydrogen-bond donors (Lipinski definition) is 1. The first kappa shape index (κ1) is 9.65. The number of H-pyrrole nitrogens is 1. The summed E-state index contributed by atoms with van der Waals surface area (Å²) in [6.45, 7) is 4.17. The van der Waals surface area contributed by atoms with E-state index in [4.69, 9.17) is 0 Å². The zero-order chi connectivity index (χ0) is 10.3. The van der Waals surface area contributed by atoms with Crippen LogP contribution < -0.4 is 0 Å². The molecular formula is C10H10BrFN2. The molecule has 0 saturated carbocycles. The van der Waals surface area contributed by atoms with Crippen LogP contribution in [0.1, 0.15) is 25.3 Å². The molecule has 0 spiro atoms. The maximum atomic E-state index is 13.1. The summed E-state index contributed by atoms with van der Waals surface area (Å²) in [6, 6.07) is 1.46. The van der Waals surface area contributed by atoms with Crippen LogP contribution in [0.4, 0.5) is 4.39 Å². The van der Waals surface area contributed by atoms with Crippen molar-refractivity contribution in [1.29, 1.82) is 0 Å². The minimum absolute atomic E-state index is 0.270. The van der Waals surface area contributed by atoms with Gasteiger partial charge in [-0.05, 0) is 27.4 Å². The van der Waals surface area contributed by atoms with E-state index in [2.05, 4.69) is 39.7 Å². The summed E-state index contributed by atoms with van der Waals surface area (Å²) in [4.78, 5) is 7.18. The molecule has 0 radical (unpaired) electrons. The summed E-state index contributed by atoms with van der Waals surface area (Å²) in [5, 5.41) is 0. The highest BCUT2D eigenvalue weighted by atomic mass is 79.9. The van der Waals surface area contributed by atoms with Gasteiger partial charge < -0.3 is 4.98 Å². The average Bonchev–Trinajstić information content (AvgIpc) is 2.48. The first-order valence-corrected chi connectivity index (χ1v) is 5.22. The Hall–Kier alpha value is -0.900. The Balaban J connectivity index is 2.74. The molecule has 0 aliphatic heterocycles. The molecule has 2 nitrogen and oxygen atoms in total. The first-order chi connectivity index (χ1) is 6.59. The van der Waals surface area contributed by atoms with Crippen LogP contribution in [-0.4, -0.2) is 9.97 Å². The quantitative estimate of drug-likeness (QED) is 0.777. The Kier molecular flexibility index (Phi) is 2.31. The van der Waals surface area contributed by atoms with Crippen LogP contribution >= 0.6 is 15.9 Å². The molecule has 4 heteroatoms. The van der Waals surface area contributed by atoms with Crippen molar-refractivity contribution in [3.05, 3.63) is 28.2 Å². The second-order valence-corrected chi connectivity index (χ2v) is 4.31. The molecule has 0 aliphatic carbocycles. The molecule has 0 fully saturated rings. The Bertz CT molecular complexity index is 476. The Morgan fingerprint density at radius 2 is 2.21 bits per heavy atom. The molecule has 0 aromatic carbocycles. The van der Waals surface area contributed by atoms with Crippen molar-refractivity contribution in [2.45, 2.75) is 19.8 Å². The smallest absolute Gasteiger partial charge is 0.158 e. The van der Waals surface area contributed by atoms with E-state index in [1.54, 1.807) is 0 Å². The molecule has 0 unspecified atom stereocenters. The van der Waals surface area contributed by atoms with E-state index in [1.807, 2.05) is 6.20 Å². The summed E-state index contributed by atoms with van der Waals surface area (Å²) in [5.41, 5.74) is 2.70. The molecular weight excluding hydrogens is 247 g/mol. The first-order valence-electron chi connectivity index (χ1n) is 4.42. The number of nitrogens with zero attached hydrogens (tertiary/aromatic N) is 1. The largest absolute Gasteiger partial charge is 0.359 e. The number of pyridine rings is 1. The van der Waals surface area contributed by atoms with E-state index >= 15 is 0 Å². The minimum Gasteiger partial charge on any atom is -0.359 e. The van der Waals surface area contributed by atoms with Gasteiger partial charge in [0.2, 0.25) is 0 Å². The summed E-state index contributed by atoms with van der Waals surface area (Å²) in [5.74, 6) is 0.0447. The number of hydrogen-bond acceptors (Lipinski definition) is 1. The van der Waals surface area contributed by atoms with E-state index in [0.29, 0.717) is 5.92 Å². The Morgan fingerprint density at radius 1 is 1.50 bits per heavy atom. The topological polar surface area (TPSA) is 28.7 Å². The van der Waals surface area contributed by atoms with Gasteiger partial charge in [0.1, 0.15) is 4.60 Å². The van der Waals surface area contributed by atoms with Crippen molar-refractivity contribution in [3.63, 3.8) is 0 Å². The second kappa shape index (κ2) is 3.35. The monoisotopic (exact) mass is 256 g/mol. The van der Waals surface area contributed by atoms with Crippen molar-refractivity contribution in [2.24, 2.45) is 0 Å². The lowest BCUT2D eigenvalue weighted by Crippen LogP contribution is -1.88. The Labute approximate surface area is 89.7 Å². The number of aromatic amines is 1.